The van der Waals surface area contributed by atoms with Crippen LogP contribution in [0.3, 0.4) is 0 Å². The van der Waals surface area contributed by atoms with Gasteiger partial charge in [0.15, 0.2) is 0 Å². The van der Waals surface area contributed by atoms with Gasteiger partial charge in [0.1, 0.15) is 28.5 Å². The van der Waals surface area contributed by atoms with Gasteiger partial charge in [-0.15, -0.1) is 12.4 Å². The Balaban J connectivity index is 0.000000229. The molecule has 13 heteroatoms. The number of piperidine rings is 2. The van der Waals surface area contributed by atoms with Crippen molar-refractivity contribution >= 4 is 52.0 Å². The summed E-state index contributed by atoms with van der Waals surface area (Å²) in [6.45, 7) is 8.76. The Kier molecular flexibility index (Phi) is 12.5. The van der Waals surface area contributed by atoms with Crippen molar-refractivity contribution in [2.45, 2.75) is 63.9 Å². The van der Waals surface area contributed by atoms with E-state index < -0.39 is 17.5 Å². The predicted octanol–water partition coefficient (Wildman–Crippen LogP) is 6.89. The number of carbonyl (C=O) groups excluding carboxylic acids is 1. The van der Waals surface area contributed by atoms with E-state index in [0.29, 0.717) is 24.8 Å². The number of carboxylic acids is 2. The van der Waals surface area contributed by atoms with Gasteiger partial charge in [-0.1, -0.05) is 12.1 Å². The Hall–Kier alpha value is -4.68. The number of nitrogens with zero attached hydrogens (tertiary/aromatic N) is 3. The molecule has 2 aliphatic heterocycles. The van der Waals surface area contributed by atoms with Crippen molar-refractivity contribution in [3.05, 3.63) is 71.3 Å². The van der Waals surface area contributed by atoms with Crippen molar-refractivity contribution in [2.75, 3.05) is 40.4 Å². The van der Waals surface area contributed by atoms with Gasteiger partial charge in [-0.3, -0.25) is 0 Å². The molecule has 4 heterocycles. The van der Waals surface area contributed by atoms with Crippen LogP contribution in [0.5, 0.6) is 11.5 Å². The van der Waals surface area contributed by atoms with Crippen molar-refractivity contribution < 1.29 is 38.8 Å². The van der Waals surface area contributed by atoms with Crippen LogP contribution in [0, 0.1) is 0 Å². The van der Waals surface area contributed by atoms with E-state index in [-0.39, 0.29) is 35.8 Å². The molecule has 0 atom stereocenters. The maximum absolute atomic E-state index is 12.3. The number of likely N-dealkylation sites (tertiary alicyclic amines) is 1. The Labute approximate surface area is 297 Å². The summed E-state index contributed by atoms with van der Waals surface area (Å²) in [6.07, 6.45) is 6.55. The molecular weight excluding hydrogens is 664 g/mol. The van der Waals surface area contributed by atoms with Gasteiger partial charge in [0.25, 0.3) is 0 Å². The number of amides is 1. The third-order valence-corrected chi connectivity index (χ3v) is 9.03. The van der Waals surface area contributed by atoms with Crippen molar-refractivity contribution in [1.82, 2.24) is 20.2 Å². The summed E-state index contributed by atoms with van der Waals surface area (Å²) in [5.41, 5.74) is 1.82. The summed E-state index contributed by atoms with van der Waals surface area (Å²) >= 11 is 0. The number of aromatic nitrogens is 2. The van der Waals surface area contributed by atoms with E-state index in [1.165, 1.54) is 5.56 Å². The van der Waals surface area contributed by atoms with E-state index in [9.17, 15) is 19.5 Å². The topological polar surface area (TPSA) is 160 Å². The smallest absolute Gasteiger partial charge is 0.410 e. The minimum absolute atomic E-state index is 0. The van der Waals surface area contributed by atoms with Gasteiger partial charge in [-0.05, 0) is 118 Å². The number of hydrogen-bond acceptors (Lipinski definition) is 9. The number of ether oxygens (including phenoxy) is 3. The van der Waals surface area contributed by atoms with Crippen LogP contribution in [-0.4, -0.2) is 89.1 Å². The number of benzene rings is 2. The van der Waals surface area contributed by atoms with Gasteiger partial charge in [0, 0.05) is 36.3 Å². The number of nitrogens with one attached hydrogen (secondary N) is 1. The second kappa shape index (κ2) is 16.4. The monoisotopic (exact) mass is 708 g/mol. The zero-order valence-corrected chi connectivity index (χ0v) is 29.8. The van der Waals surface area contributed by atoms with Gasteiger partial charge >= 0.3 is 18.0 Å². The minimum atomic E-state index is -1.06. The highest BCUT2D eigenvalue weighted by molar-refractivity contribution is 5.97. The molecule has 2 fully saturated rings. The predicted molar refractivity (Wildman–Crippen MR) is 192 cm³/mol. The maximum atomic E-state index is 12.3. The van der Waals surface area contributed by atoms with E-state index >= 15 is 0 Å². The summed E-state index contributed by atoms with van der Waals surface area (Å²) in [4.78, 5) is 44.6. The molecule has 6 rings (SSSR count). The van der Waals surface area contributed by atoms with Crippen LogP contribution in [0.4, 0.5) is 4.79 Å². The van der Waals surface area contributed by atoms with Gasteiger partial charge in [0.05, 0.1) is 14.2 Å². The van der Waals surface area contributed by atoms with Gasteiger partial charge in [-0.2, -0.15) is 0 Å². The number of fused-ring (bicyclic) bond motifs is 2. The Morgan fingerprint density at radius 1 is 0.740 bits per heavy atom. The van der Waals surface area contributed by atoms with Crippen molar-refractivity contribution in [3.8, 4) is 11.5 Å². The number of carbonyl (C=O) groups is 3. The highest BCUT2D eigenvalue weighted by atomic mass is 35.5. The molecule has 0 radical (unpaired) electrons. The fourth-order valence-corrected chi connectivity index (χ4v) is 6.61. The SMILES string of the molecule is COc1ccc(C2CCN(C(=O)OC(C)(C)C)CC2)c2cc(C(=O)O)ncc12.COc1ccc(C2CCNCC2)c2cc(C(=O)O)ncc12.Cl. The first-order valence-corrected chi connectivity index (χ1v) is 16.5. The van der Waals surface area contributed by atoms with Crippen LogP contribution in [0.1, 0.15) is 90.4 Å². The molecule has 50 heavy (non-hydrogen) atoms. The highest BCUT2D eigenvalue weighted by Gasteiger charge is 2.29. The van der Waals surface area contributed by atoms with Gasteiger partial charge in [0.2, 0.25) is 0 Å². The molecule has 0 spiro atoms. The third kappa shape index (κ3) is 8.72. The molecule has 12 nitrogen and oxygen atoms in total. The van der Waals surface area contributed by atoms with Crippen LogP contribution < -0.4 is 14.8 Å². The largest absolute Gasteiger partial charge is 0.496 e. The van der Waals surface area contributed by atoms with Gasteiger partial charge in [-0.25, -0.2) is 24.4 Å². The average Bonchev–Trinajstić information content (AvgIpc) is 3.10. The first kappa shape index (κ1) is 38.1. The highest BCUT2D eigenvalue weighted by Crippen LogP contribution is 2.38. The Morgan fingerprint density at radius 3 is 1.58 bits per heavy atom. The van der Waals surface area contributed by atoms with Crippen molar-refractivity contribution in [1.29, 1.82) is 0 Å². The summed E-state index contributed by atoms with van der Waals surface area (Å²) in [5, 5.41) is 25.3. The summed E-state index contributed by atoms with van der Waals surface area (Å²) < 4.78 is 16.2. The summed E-state index contributed by atoms with van der Waals surface area (Å²) in [5.74, 6) is -0.00672. The second-order valence-corrected chi connectivity index (χ2v) is 13.3. The van der Waals surface area contributed by atoms with Crippen LogP contribution >= 0.6 is 12.4 Å². The maximum Gasteiger partial charge on any atom is 0.410 e. The molecule has 2 aromatic carbocycles. The minimum Gasteiger partial charge on any atom is -0.496 e. The molecule has 2 aliphatic rings. The van der Waals surface area contributed by atoms with Gasteiger partial charge < -0.3 is 34.6 Å². The number of aromatic carboxylic acids is 2. The summed E-state index contributed by atoms with van der Waals surface area (Å²) in [6, 6.07) is 11.2. The number of methoxy groups -OCH3 is 2. The lowest BCUT2D eigenvalue weighted by Gasteiger charge is -2.34. The third-order valence-electron chi connectivity index (χ3n) is 9.03. The van der Waals surface area contributed by atoms with Crippen molar-refractivity contribution in [2.24, 2.45) is 0 Å². The standard InChI is InChI=1S/C21H26N2O5.C16H18N2O3.ClH/c1-21(2,3)28-20(26)23-9-7-13(8-10-23)14-5-6-18(27-4)16-12-22-17(19(24)25)11-15(14)16;1-21-15-3-2-11(10-4-6-17-7-5-10)12-8-14(16(19)20)18-9-13(12)15;/h5-6,11-13H,7-10H2,1-4H3,(H,24,25);2-3,8-10,17H,4-7H2,1H3,(H,19,20);1H. The Morgan fingerprint density at radius 2 is 1.18 bits per heavy atom. The Bertz CT molecular complexity index is 1850. The number of pyridine rings is 2. The molecule has 2 saturated heterocycles. The molecular formula is C37H45ClN4O8. The number of rotatable bonds is 6. The molecule has 0 bridgehead atoms. The molecule has 3 N–H and O–H groups in total. The zero-order chi connectivity index (χ0) is 35.3. The first-order valence-electron chi connectivity index (χ1n) is 16.5. The molecule has 4 aromatic rings. The average molecular weight is 709 g/mol. The second-order valence-electron chi connectivity index (χ2n) is 13.3. The van der Waals surface area contributed by atoms with Crippen molar-refractivity contribution in [3.63, 3.8) is 0 Å². The lowest BCUT2D eigenvalue weighted by Crippen LogP contribution is -2.41. The zero-order valence-electron chi connectivity index (χ0n) is 29.0. The summed E-state index contributed by atoms with van der Waals surface area (Å²) in [7, 11) is 3.20. The number of halogens is 1. The quantitative estimate of drug-likeness (QED) is 0.191. The van der Waals surface area contributed by atoms with E-state index in [1.807, 2.05) is 39.0 Å². The van der Waals surface area contributed by atoms with E-state index in [4.69, 9.17) is 19.3 Å². The van der Waals surface area contributed by atoms with Crippen LogP contribution in [0.25, 0.3) is 21.5 Å². The normalized spacial score (nSPS) is 15.4. The fraction of sp³-hybridized carbons (Fsp3) is 0.432. The number of carboxylic acid groups (broad SMARTS) is 2. The van der Waals surface area contributed by atoms with E-state index in [2.05, 4.69) is 21.4 Å². The molecule has 268 valence electrons. The molecule has 0 unspecified atom stereocenters. The first-order chi connectivity index (χ1) is 23.4. The van der Waals surface area contributed by atoms with E-state index in [1.54, 1.807) is 43.6 Å². The molecule has 0 aliphatic carbocycles. The fourth-order valence-electron chi connectivity index (χ4n) is 6.61. The molecule has 2 aromatic heterocycles. The van der Waals surface area contributed by atoms with E-state index in [0.717, 1.165) is 71.6 Å². The molecule has 0 saturated carbocycles. The molecule has 1 amide bonds. The lowest BCUT2D eigenvalue weighted by molar-refractivity contribution is 0.0204. The lowest BCUT2D eigenvalue weighted by atomic mass is 9.86. The van der Waals surface area contributed by atoms with Crippen LogP contribution in [0.15, 0.2) is 48.8 Å². The van der Waals surface area contributed by atoms with Crippen LogP contribution in [-0.2, 0) is 4.74 Å². The van der Waals surface area contributed by atoms with Crippen LogP contribution in [0.2, 0.25) is 0 Å². The number of hydrogen-bond donors (Lipinski definition) is 3.